The van der Waals surface area contributed by atoms with E-state index in [1.807, 2.05) is 42.5 Å². The van der Waals surface area contributed by atoms with Crippen LogP contribution >= 0.6 is 0 Å². The Hall–Kier alpha value is -3.14. The molecule has 0 saturated carbocycles. The van der Waals surface area contributed by atoms with Gasteiger partial charge < -0.3 is 10.8 Å². The number of nitrogens with two attached hydrogens (primary N) is 1. The zero-order chi connectivity index (χ0) is 15.4. The van der Waals surface area contributed by atoms with E-state index >= 15 is 0 Å². The highest BCUT2D eigenvalue weighted by Crippen LogP contribution is 2.18. The summed E-state index contributed by atoms with van der Waals surface area (Å²) in [5.41, 5.74) is 8.24. The van der Waals surface area contributed by atoms with Gasteiger partial charge in [0.05, 0.1) is 11.2 Å². The number of nitrogens with zero attached hydrogens (tertiary/aromatic N) is 2. The number of anilines is 1. The first-order valence-electron chi connectivity index (χ1n) is 6.87. The van der Waals surface area contributed by atoms with Crippen LogP contribution in [0.4, 0.5) is 5.82 Å². The molecule has 3 N–H and O–H groups in total. The molecule has 0 atom stereocenters. The number of fused-ring (bicyclic) bond motifs is 1. The monoisotopic (exact) mass is 289 g/mol. The fourth-order valence-corrected chi connectivity index (χ4v) is 2.06. The average molecular weight is 289 g/mol. The molecule has 3 aromatic rings. The van der Waals surface area contributed by atoms with Gasteiger partial charge in [0.1, 0.15) is 11.6 Å². The molecule has 0 unspecified atom stereocenters. The quantitative estimate of drug-likeness (QED) is 0.722. The second-order valence-electron chi connectivity index (χ2n) is 4.85. The predicted molar refractivity (Wildman–Crippen MR) is 90.1 cm³/mol. The van der Waals surface area contributed by atoms with Gasteiger partial charge in [0.15, 0.2) is 0 Å². The number of rotatable bonds is 3. The van der Waals surface area contributed by atoms with Crippen LogP contribution in [-0.4, -0.2) is 15.1 Å². The third-order valence-corrected chi connectivity index (χ3v) is 3.17. The molecular weight excluding hydrogens is 274 g/mol. The van der Waals surface area contributed by atoms with Gasteiger partial charge in [-0.25, -0.2) is 9.97 Å². The molecule has 0 spiro atoms. The van der Waals surface area contributed by atoms with Gasteiger partial charge in [-0.15, -0.1) is 0 Å². The number of hydrogen-bond donors (Lipinski definition) is 2. The lowest BCUT2D eigenvalue weighted by Gasteiger charge is -1.99. The first kappa shape index (κ1) is 13.8. The SMILES string of the molecule is Nc1ccc(/C=C/C=C/c2ccc3cc(O)ccc3n2)cn1. The van der Waals surface area contributed by atoms with Crippen LogP contribution in [0, 0.1) is 0 Å². The largest absolute Gasteiger partial charge is 0.508 e. The van der Waals surface area contributed by atoms with Crippen LogP contribution in [-0.2, 0) is 0 Å². The maximum Gasteiger partial charge on any atom is 0.123 e. The molecule has 22 heavy (non-hydrogen) atoms. The summed E-state index contributed by atoms with van der Waals surface area (Å²) >= 11 is 0. The lowest BCUT2D eigenvalue weighted by atomic mass is 10.2. The number of allylic oxidation sites excluding steroid dienone is 2. The molecule has 0 aliphatic rings. The summed E-state index contributed by atoms with van der Waals surface area (Å²) in [4.78, 5) is 8.54. The Labute approximate surface area is 128 Å². The minimum absolute atomic E-state index is 0.248. The van der Waals surface area contributed by atoms with Crippen molar-refractivity contribution in [3.63, 3.8) is 0 Å². The van der Waals surface area contributed by atoms with Gasteiger partial charge in [-0.1, -0.05) is 24.3 Å². The van der Waals surface area contributed by atoms with Crippen LogP contribution in [0.3, 0.4) is 0 Å². The van der Waals surface area contributed by atoms with Crippen molar-refractivity contribution in [1.82, 2.24) is 9.97 Å². The normalized spacial score (nSPS) is 11.6. The van der Waals surface area contributed by atoms with Gasteiger partial charge in [0, 0.05) is 11.6 Å². The number of aromatic nitrogens is 2. The first-order valence-corrected chi connectivity index (χ1v) is 6.87. The Morgan fingerprint density at radius 3 is 2.64 bits per heavy atom. The molecule has 108 valence electrons. The average Bonchev–Trinajstić information content (AvgIpc) is 2.53. The van der Waals surface area contributed by atoms with E-state index in [1.165, 1.54) is 0 Å². The Morgan fingerprint density at radius 2 is 1.82 bits per heavy atom. The summed E-state index contributed by atoms with van der Waals surface area (Å²) in [5, 5.41) is 10.4. The summed E-state index contributed by atoms with van der Waals surface area (Å²) in [6.07, 6.45) is 9.44. The van der Waals surface area contributed by atoms with E-state index in [0.717, 1.165) is 22.2 Å². The molecule has 0 radical (unpaired) electrons. The van der Waals surface area contributed by atoms with Crippen LogP contribution in [0.15, 0.2) is 60.8 Å². The lowest BCUT2D eigenvalue weighted by molar-refractivity contribution is 0.476. The molecule has 0 aliphatic heterocycles. The highest BCUT2D eigenvalue weighted by Gasteiger charge is 1.97. The van der Waals surface area contributed by atoms with Crippen molar-refractivity contribution in [2.75, 3.05) is 5.73 Å². The standard InChI is InChI=1S/C18H15N3O/c19-18-10-5-13(12-20-18)3-1-2-4-15-7-6-14-11-16(22)8-9-17(14)21-15/h1-12,22H,(H2,19,20)/b3-1+,4-2+. The van der Waals surface area contributed by atoms with E-state index in [-0.39, 0.29) is 5.75 Å². The number of pyridine rings is 2. The smallest absolute Gasteiger partial charge is 0.123 e. The van der Waals surface area contributed by atoms with Crippen molar-refractivity contribution < 1.29 is 5.11 Å². The van der Waals surface area contributed by atoms with Gasteiger partial charge in [0.2, 0.25) is 0 Å². The molecule has 0 saturated heterocycles. The highest BCUT2D eigenvalue weighted by atomic mass is 16.3. The molecule has 4 nitrogen and oxygen atoms in total. The van der Waals surface area contributed by atoms with Crippen LogP contribution in [0.1, 0.15) is 11.3 Å². The van der Waals surface area contributed by atoms with Gasteiger partial charge in [-0.05, 0) is 48.0 Å². The number of phenolic OH excluding ortho intramolecular Hbond substituents is 1. The minimum Gasteiger partial charge on any atom is -0.508 e. The van der Waals surface area contributed by atoms with Crippen molar-refractivity contribution in [1.29, 1.82) is 0 Å². The molecule has 3 rings (SSSR count). The lowest BCUT2D eigenvalue weighted by Crippen LogP contribution is -1.87. The fourth-order valence-electron chi connectivity index (χ4n) is 2.06. The first-order chi connectivity index (χ1) is 10.7. The third-order valence-electron chi connectivity index (χ3n) is 3.17. The fraction of sp³-hybridized carbons (Fsp3) is 0. The zero-order valence-corrected chi connectivity index (χ0v) is 11.8. The van der Waals surface area contributed by atoms with Crippen molar-refractivity contribution >= 4 is 28.9 Å². The molecule has 2 aromatic heterocycles. The maximum atomic E-state index is 9.43. The molecule has 1 aromatic carbocycles. The zero-order valence-electron chi connectivity index (χ0n) is 11.8. The second kappa shape index (κ2) is 6.10. The Balaban J connectivity index is 1.74. The summed E-state index contributed by atoms with van der Waals surface area (Å²) in [7, 11) is 0. The number of aromatic hydroxyl groups is 1. The van der Waals surface area contributed by atoms with Crippen molar-refractivity contribution in [2.45, 2.75) is 0 Å². The van der Waals surface area contributed by atoms with Crippen LogP contribution in [0.25, 0.3) is 23.1 Å². The Bertz CT molecular complexity index is 852. The summed E-state index contributed by atoms with van der Waals surface area (Å²) < 4.78 is 0. The maximum absolute atomic E-state index is 9.43. The Kier molecular flexibility index (Phi) is 3.83. The summed E-state index contributed by atoms with van der Waals surface area (Å²) in [6, 6.07) is 12.7. The number of phenols is 1. The number of nitrogen functional groups attached to an aromatic ring is 1. The predicted octanol–water partition coefficient (Wildman–Crippen LogP) is 3.64. The van der Waals surface area contributed by atoms with Crippen molar-refractivity contribution in [3.8, 4) is 5.75 Å². The summed E-state index contributed by atoms with van der Waals surface area (Å²) in [5.74, 6) is 0.761. The van der Waals surface area contributed by atoms with E-state index in [1.54, 1.807) is 30.5 Å². The molecule has 4 heteroatoms. The van der Waals surface area contributed by atoms with Crippen LogP contribution in [0.2, 0.25) is 0 Å². The van der Waals surface area contributed by atoms with E-state index in [2.05, 4.69) is 9.97 Å². The van der Waals surface area contributed by atoms with E-state index in [0.29, 0.717) is 5.82 Å². The van der Waals surface area contributed by atoms with Gasteiger partial charge in [-0.3, -0.25) is 0 Å². The summed E-state index contributed by atoms with van der Waals surface area (Å²) in [6.45, 7) is 0. The van der Waals surface area contributed by atoms with Gasteiger partial charge in [-0.2, -0.15) is 0 Å². The topological polar surface area (TPSA) is 72.0 Å². The Morgan fingerprint density at radius 1 is 0.955 bits per heavy atom. The number of hydrogen-bond acceptors (Lipinski definition) is 4. The molecule has 2 heterocycles. The van der Waals surface area contributed by atoms with Gasteiger partial charge >= 0.3 is 0 Å². The van der Waals surface area contributed by atoms with E-state index in [4.69, 9.17) is 5.73 Å². The van der Waals surface area contributed by atoms with Crippen LogP contribution < -0.4 is 5.73 Å². The molecule has 0 aliphatic carbocycles. The molecule has 0 amide bonds. The van der Waals surface area contributed by atoms with E-state index in [9.17, 15) is 5.11 Å². The molecule has 0 bridgehead atoms. The van der Waals surface area contributed by atoms with E-state index < -0.39 is 0 Å². The number of benzene rings is 1. The molecule has 0 fully saturated rings. The highest BCUT2D eigenvalue weighted by molar-refractivity contribution is 5.81. The minimum atomic E-state index is 0.248. The second-order valence-corrected chi connectivity index (χ2v) is 4.85. The molecular formula is C18H15N3O. The van der Waals surface area contributed by atoms with Crippen molar-refractivity contribution in [2.24, 2.45) is 0 Å². The van der Waals surface area contributed by atoms with Gasteiger partial charge in [0.25, 0.3) is 0 Å². The van der Waals surface area contributed by atoms with Crippen molar-refractivity contribution in [3.05, 3.63) is 72.1 Å². The third kappa shape index (κ3) is 3.30. The van der Waals surface area contributed by atoms with Crippen LogP contribution in [0.5, 0.6) is 5.75 Å².